The van der Waals surface area contributed by atoms with Gasteiger partial charge in [0.15, 0.2) is 0 Å². The average Bonchev–Trinajstić information content (AvgIpc) is 0.936. The minimum absolute atomic E-state index is 0.0733. The summed E-state index contributed by atoms with van der Waals surface area (Å²) in [6.45, 7) is 5.44. The van der Waals surface area contributed by atoms with Gasteiger partial charge in [-0.3, -0.25) is 9.48 Å². The smallest absolute Gasteiger partial charge is 0.147 e. The van der Waals surface area contributed by atoms with Crippen LogP contribution in [-0.2, 0) is 0 Å². The van der Waals surface area contributed by atoms with Gasteiger partial charge < -0.3 is 15.1 Å². The van der Waals surface area contributed by atoms with Crippen molar-refractivity contribution in [2.45, 2.75) is 51.0 Å². The van der Waals surface area contributed by atoms with Gasteiger partial charge in [0.1, 0.15) is 29.4 Å². The number of likely N-dealkylation sites (N-methyl/N-ethyl adjacent to an activating group) is 1. The third kappa shape index (κ3) is 10.4. The van der Waals surface area contributed by atoms with Crippen molar-refractivity contribution in [1.29, 1.82) is 0 Å². The highest BCUT2D eigenvalue weighted by Crippen LogP contribution is 2.46. The zero-order valence-corrected chi connectivity index (χ0v) is 49.0. The summed E-state index contributed by atoms with van der Waals surface area (Å²) in [5.41, 5.74) is 21.1. The van der Waals surface area contributed by atoms with Gasteiger partial charge in [-0.1, -0.05) is 219 Å². The summed E-state index contributed by atoms with van der Waals surface area (Å²) in [6, 6.07) is 79.1. The summed E-state index contributed by atoms with van der Waals surface area (Å²) in [5.74, 6) is 8.08. The predicted octanol–water partition coefficient (Wildman–Crippen LogP) is 18.0. The fourth-order valence-corrected chi connectivity index (χ4v) is 13.7. The number of fused-ring (bicyclic) bond motifs is 2. The van der Waals surface area contributed by atoms with E-state index in [1.54, 1.807) is 0 Å². The van der Waals surface area contributed by atoms with E-state index >= 15 is 0 Å². The van der Waals surface area contributed by atoms with Crippen molar-refractivity contribution in [3.05, 3.63) is 340 Å². The molecule has 86 heavy (non-hydrogen) atoms. The number of benzene rings is 8. The van der Waals surface area contributed by atoms with Gasteiger partial charge >= 0.3 is 0 Å². The van der Waals surface area contributed by atoms with E-state index in [2.05, 4.69) is 321 Å². The maximum absolute atomic E-state index is 5.40. The predicted molar refractivity (Wildman–Crippen MR) is 359 cm³/mol. The Bertz CT molecular complexity index is 4210. The lowest BCUT2D eigenvalue weighted by atomic mass is 9.83. The molecule has 1 N–H and O–H groups in total. The van der Waals surface area contributed by atoms with E-state index in [-0.39, 0.29) is 36.1 Å². The van der Waals surface area contributed by atoms with Gasteiger partial charge in [0.05, 0.1) is 36.5 Å². The monoisotopic (exact) mass is 1110 g/mol. The van der Waals surface area contributed by atoms with Gasteiger partial charge in [-0.15, -0.1) is 0 Å². The summed E-state index contributed by atoms with van der Waals surface area (Å²) in [7, 11) is 2.42. The number of aliphatic imine (C=N–C) groups is 2. The third-order valence-electron chi connectivity index (χ3n) is 18.1. The summed E-state index contributed by atoms with van der Waals surface area (Å²) >= 11 is 0. The molecule has 0 fully saturated rings. The van der Waals surface area contributed by atoms with Crippen LogP contribution in [0.4, 0.5) is 17.1 Å². The van der Waals surface area contributed by atoms with Crippen LogP contribution in [0.1, 0.15) is 95.0 Å². The first-order valence-corrected chi connectivity index (χ1v) is 30.4. The van der Waals surface area contributed by atoms with E-state index in [0.29, 0.717) is 4.48 Å². The molecule has 0 amide bonds. The van der Waals surface area contributed by atoms with Gasteiger partial charge in [0.25, 0.3) is 0 Å². The molecule has 418 valence electrons. The molecule has 6 aliphatic rings. The molecule has 0 bridgehead atoms. The van der Waals surface area contributed by atoms with Crippen LogP contribution in [0.2, 0.25) is 0 Å². The van der Waals surface area contributed by atoms with Crippen LogP contribution < -0.4 is 14.7 Å². The summed E-state index contributed by atoms with van der Waals surface area (Å²) < 4.78 is 0.600. The van der Waals surface area contributed by atoms with Gasteiger partial charge in [-0.2, -0.15) is 0 Å². The van der Waals surface area contributed by atoms with E-state index in [0.717, 1.165) is 64.7 Å². The summed E-state index contributed by atoms with van der Waals surface area (Å²) in [5, 5.41) is 3.78. The van der Waals surface area contributed by atoms with Crippen LogP contribution in [0.3, 0.4) is 0 Å². The van der Waals surface area contributed by atoms with E-state index in [4.69, 9.17) is 9.98 Å². The number of hydrogen-bond acceptors (Lipinski definition) is 5. The molecule has 6 heteroatoms. The normalized spacial score (nSPS) is 21.7. The fourth-order valence-electron chi connectivity index (χ4n) is 13.7. The SMILES string of the molecule is CCN1C(c2ccc([N+](C)(C3=C4C=CC#CC4CC=C3)C3C=CC(c4ccc(N(c5ccc(C6C=C(c7ccccc7)N=C(c7ccccc7)N6)cc5)C5CC=Cc6ccccc65)cc4)=CC3C)cc2)=CC(c2ccccc2)=NC1c1ccccc1. The van der Waals surface area contributed by atoms with Crippen LogP contribution in [0.25, 0.3) is 23.0 Å². The first kappa shape index (κ1) is 53.9. The number of nitrogens with zero attached hydrogens (tertiary/aromatic N) is 5. The first-order valence-electron chi connectivity index (χ1n) is 30.4. The summed E-state index contributed by atoms with van der Waals surface area (Å²) in [4.78, 5) is 15.5. The van der Waals surface area contributed by atoms with Crippen molar-refractivity contribution < 1.29 is 0 Å². The molecule has 0 aromatic heterocycles. The molecule has 0 spiro atoms. The third-order valence-corrected chi connectivity index (χ3v) is 18.1. The highest BCUT2D eigenvalue weighted by atomic mass is 15.4. The fraction of sp³-hybridized carbons (Fsp3) is 0.150. The average molecular weight is 1110 g/mol. The standard InChI is InChI=1S/C80H69N6/c1-4-84-76(55-74(61-27-11-6-12-28-61)83-80(84)65-31-15-8-16-32-65)63-43-50-69(51-44-63)86(3,78-38-22-34-59-24-18-20-36-71(59)78)77-52-45-66(53-56(77)2)57-39-46-67(47-40-57)85(75-37-21-33-58-23-17-19-35-70(58)75)68-48-41-62(42-49-68)73-54-72(60-25-9-5-10-26-60)81-79(82-73)64-29-13-7-14-30-64/h5-17,19-23,25-33,35-36,38-56,59,73,75,77,80H,4,34,37H2,1-3H3,(H,81,82)/q+1. The molecule has 0 saturated heterocycles. The molecule has 2 heterocycles. The second-order valence-electron chi connectivity index (χ2n) is 23.2. The largest absolute Gasteiger partial charge is 0.359 e. The maximum atomic E-state index is 5.40. The Balaban J connectivity index is 0.779. The Labute approximate surface area is 507 Å². The maximum Gasteiger partial charge on any atom is 0.147 e. The number of amidine groups is 1. The quantitative estimate of drug-likeness (QED) is 0.0872. The van der Waals surface area contributed by atoms with Crippen LogP contribution in [0.5, 0.6) is 0 Å². The lowest BCUT2D eigenvalue weighted by Crippen LogP contribution is -2.55. The molecule has 7 unspecified atom stereocenters. The molecule has 8 aromatic carbocycles. The molecule has 14 rings (SSSR count). The molecule has 0 radical (unpaired) electrons. The highest BCUT2D eigenvalue weighted by molar-refractivity contribution is 6.13. The van der Waals surface area contributed by atoms with Crippen molar-refractivity contribution in [2.24, 2.45) is 21.8 Å². The number of nitrogens with one attached hydrogen (secondary N) is 1. The van der Waals surface area contributed by atoms with Crippen LogP contribution in [0.15, 0.2) is 300 Å². The Morgan fingerprint density at radius 1 is 0.605 bits per heavy atom. The van der Waals surface area contributed by atoms with E-state index < -0.39 is 0 Å². The van der Waals surface area contributed by atoms with Crippen molar-refractivity contribution >= 4 is 51.7 Å². The number of quaternary nitrogens is 1. The van der Waals surface area contributed by atoms with Crippen LogP contribution in [-0.4, -0.2) is 36.1 Å². The van der Waals surface area contributed by atoms with E-state index in [1.807, 2.05) is 12.1 Å². The molecule has 2 aliphatic heterocycles. The number of allylic oxidation sites excluding steroid dienone is 8. The number of anilines is 2. The Hall–Kier alpha value is -10.1. The highest BCUT2D eigenvalue weighted by Gasteiger charge is 2.44. The molecule has 4 aliphatic carbocycles. The Kier molecular flexibility index (Phi) is 14.8. The van der Waals surface area contributed by atoms with Crippen LogP contribution in [0, 0.1) is 23.7 Å². The van der Waals surface area contributed by atoms with Crippen molar-refractivity contribution in [3.8, 4) is 11.8 Å². The molecule has 6 nitrogen and oxygen atoms in total. The topological polar surface area (TPSA) is 43.2 Å². The molecule has 8 aromatic rings. The minimum atomic E-state index is -0.149. The van der Waals surface area contributed by atoms with Crippen molar-refractivity contribution in [2.75, 3.05) is 18.5 Å². The Morgan fingerprint density at radius 3 is 1.95 bits per heavy atom. The van der Waals surface area contributed by atoms with Crippen molar-refractivity contribution in [3.63, 3.8) is 0 Å². The van der Waals surface area contributed by atoms with Crippen LogP contribution >= 0.6 is 0 Å². The van der Waals surface area contributed by atoms with E-state index in [9.17, 15) is 0 Å². The molecule has 7 atom stereocenters. The second-order valence-corrected chi connectivity index (χ2v) is 23.2. The van der Waals surface area contributed by atoms with Gasteiger partial charge in [0.2, 0.25) is 0 Å². The molecular weight excluding hydrogens is 1040 g/mol. The second kappa shape index (κ2) is 23.5. The molecular formula is C80H69N6+. The molecule has 0 saturated carbocycles. The van der Waals surface area contributed by atoms with Gasteiger partial charge in [0, 0.05) is 52.8 Å². The zero-order chi connectivity index (χ0) is 58.0. The summed E-state index contributed by atoms with van der Waals surface area (Å²) in [6.07, 6.45) is 27.2. The number of hydrogen-bond donors (Lipinski definition) is 1. The number of rotatable bonds is 14. The van der Waals surface area contributed by atoms with E-state index in [1.165, 1.54) is 61.6 Å². The zero-order valence-electron chi connectivity index (χ0n) is 49.0. The van der Waals surface area contributed by atoms with Gasteiger partial charge in [-0.25, -0.2) is 4.99 Å². The lowest BCUT2D eigenvalue weighted by Gasteiger charge is -2.45. The lowest BCUT2D eigenvalue weighted by molar-refractivity contribution is 0.303. The Morgan fingerprint density at radius 2 is 1.24 bits per heavy atom. The first-order chi connectivity index (χ1) is 42.4. The van der Waals surface area contributed by atoms with Gasteiger partial charge in [-0.05, 0) is 143 Å². The minimum Gasteiger partial charge on any atom is -0.359 e. The van der Waals surface area contributed by atoms with Crippen molar-refractivity contribution in [1.82, 2.24) is 14.7 Å².